The molecule has 0 amide bonds. The van der Waals surface area contributed by atoms with E-state index >= 15 is 0 Å². The zero-order chi connectivity index (χ0) is 13.1. The predicted octanol–water partition coefficient (Wildman–Crippen LogP) is 2.10. The number of unbranched alkanes of at least 4 members (excludes halogenated alkanes) is 1. The van der Waals surface area contributed by atoms with Gasteiger partial charge >= 0.3 is 5.69 Å². The molecular formula is C14H18N2O2. The minimum absolute atomic E-state index is 0.0130. The van der Waals surface area contributed by atoms with Gasteiger partial charge in [0, 0.05) is 20.0 Å². The van der Waals surface area contributed by atoms with Gasteiger partial charge in [-0.05, 0) is 31.9 Å². The van der Waals surface area contributed by atoms with Crippen molar-refractivity contribution in [1.82, 2.24) is 9.13 Å². The van der Waals surface area contributed by atoms with Gasteiger partial charge in [-0.15, -0.1) is 0 Å². The Morgan fingerprint density at radius 2 is 1.83 bits per heavy atom. The van der Waals surface area contributed by atoms with Crippen molar-refractivity contribution >= 4 is 16.8 Å². The van der Waals surface area contributed by atoms with Crippen molar-refractivity contribution in [3.05, 3.63) is 34.7 Å². The molecule has 4 nitrogen and oxygen atoms in total. The first-order chi connectivity index (χ1) is 8.61. The largest absolute Gasteiger partial charge is 0.328 e. The number of hydrogen-bond acceptors (Lipinski definition) is 2. The summed E-state index contributed by atoms with van der Waals surface area (Å²) in [5.74, 6) is 0.209. The molecule has 2 aromatic rings. The highest BCUT2D eigenvalue weighted by molar-refractivity contribution is 5.76. The lowest BCUT2D eigenvalue weighted by Crippen LogP contribution is -2.22. The monoisotopic (exact) mass is 246 g/mol. The number of carbonyl (C=O) groups is 1. The second kappa shape index (κ2) is 5.21. The third-order valence-corrected chi connectivity index (χ3v) is 3.21. The molecule has 0 saturated heterocycles. The molecule has 0 bridgehead atoms. The van der Waals surface area contributed by atoms with Crippen LogP contribution in [0.5, 0.6) is 0 Å². The molecule has 96 valence electrons. The summed E-state index contributed by atoms with van der Waals surface area (Å²) in [5, 5.41) is 0. The Morgan fingerprint density at radius 3 is 2.50 bits per heavy atom. The van der Waals surface area contributed by atoms with Crippen LogP contribution in [0.25, 0.3) is 11.0 Å². The summed E-state index contributed by atoms with van der Waals surface area (Å²) < 4.78 is 3.45. The summed E-state index contributed by atoms with van der Waals surface area (Å²) in [6.45, 7) is 2.28. The van der Waals surface area contributed by atoms with E-state index in [9.17, 15) is 9.59 Å². The van der Waals surface area contributed by atoms with Crippen molar-refractivity contribution in [3.63, 3.8) is 0 Å². The third-order valence-electron chi connectivity index (χ3n) is 3.21. The van der Waals surface area contributed by atoms with E-state index in [1.165, 1.54) is 0 Å². The number of carbonyl (C=O) groups excluding carboxylic acids is 1. The second-order valence-electron chi connectivity index (χ2n) is 4.64. The van der Waals surface area contributed by atoms with E-state index in [-0.39, 0.29) is 11.5 Å². The number of ketones is 1. The maximum Gasteiger partial charge on any atom is 0.328 e. The van der Waals surface area contributed by atoms with Gasteiger partial charge < -0.3 is 4.79 Å². The normalized spacial score (nSPS) is 11.0. The average Bonchev–Trinajstić information content (AvgIpc) is 2.59. The van der Waals surface area contributed by atoms with Crippen molar-refractivity contribution in [2.24, 2.45) is 7.05 Å². The Balaban J connectivity index is 2.20. The lowest BCUT2D eigenvalue weighted by Gasteiger charge is -2.02. The highest BCUT2D eigenvalue weighted by Gasteiger charge is 2.09. The number of fused-ring (bicyclic) bond motifs is 1. The van der Waals surface area contributed by atoms with Gasteiger partial charge in [0.15, 0.2) is 0 Å². The van der Waals surface area contributed by atoms with Crippen LogP contribution in [0.2, 0.25) is 0 Å². The molecule has 0 radical (unpaired) electrons. The van der Waals surface area contributed by atoms with E-state index in [1.54, 1.807) is 23.1 Å². The minimum atomic E-state index is 0.0130. The van der Waals surface area contributed by atoms with Gasteiger partial charge in [0.2, 0.25) is 0 Å². The minimum Gasteiger partial charge on any atom is -0.300 e. The Morgan fingerprint density at radius 1 is 1.17 bits per heavy atom. The number of imidazole rings is 1. The topological polar surface area (TPSA) is 44.0 Å². The molecule has 18 heavy (non-hydrogen) atoms. The number of aryl methyl sites for hydroxylation is 2. The second-order valence-corrected chi connectivity index (χ2v) is 4.64. The number of para-hydroxylation sites is 2. The van der Waals surface area contributed by atoms with Crippen LogP contribution in [-0.2, 0) is 18.4 Å². The van der Waals surface area contributed by atoms with E-state index in [0.29, 0.717) is 13.0 Å². The molecule has 0 aliphatic rings. The molecule has 0 atom stereocenters. The zero-order valence-electron chi connectivity index (χ0n) is 10.8. The molecule has 1 heterocycles. The molecule has 0 spiro atoms. The first-order valence-corrected chi connectivity index (χ1v) is 6.25. The van der Waals surface area contributed by atoms with Crippen molar-refractivity contribution in [2.45, 2.75) is 32.7 Å². The van der Waals surface area contributed by atoms with Gasteiger partial charge in [-0.3, -0.25) is 9.13 Å². The van der Waals surface area contributed by atoms with Gasteiger partial charge in [0.05, 0.1) is 11.0 Å². The third kappa shape index (κ3) is 2.37. The summed E-state index contributed by atoms with van der Waals surface area (Å²) in [7, 11) is 1.79. The SMILES string of the molecule is CC(=O)CCCCn1c(=O)n(C)c2ccccc21. The average molecular weight is 246 g/mol. The molecule has 0 aliphatic heterocycles. The lowest BCUT2D eigenvalue weighted by atomic mass is 10.2. The fraction of sp³-hybridized carbons (Fsp3) is 0.429. The van der Waals surface area contributed by atoms with Crippen LogP contribution in [-0.4, -0.2) is 14.9 Å². The standard InChI is InChI=1S/C14H18N2O2/c1-11(17)7-5-6-10-16-13-9-4-3-8-12(13)15(2)14(16)18/h3-4,8-9H,5-7,10H2,1-2H3. The van der Waals surface area contributed by atoms with E-state index in [4.69, 9.17) is 0 Å². The van der Waals surface area contributed by atoms with E-state index in [2.05, 4.69) is 0 Å². The Labute approximate surface area is 106 Å². The predicted molar refractivity (Wildman–Crippen MR) is 71.7 cm³/mol. The fourth-order valence-corrected chi connectivity index (χ4v) is 2.22. The molecule has 2 rings (SSSR count). The first-order valence-electron chi connectivity index (χ1n) is 6.25. The van der Waals surface area contributed by atoms with Gasteiger partial charge in [0.25, 0.3) is 0 Å². The van der Waals surface area contributed by atoms with E-state index in [0.717, 1.165) is 23.9 Å². The van der Waals surface area contributed by atoms with Crippen molar-refractivity contribution < 1.29 is 4.79 Å². The van der Waals surface area contributed by atoms with Gasteiger partial charge in [-0.25, -0.2) is 4.79 Å². The van der Waals surface area contributed by atoms with Crippen LogP contribution < -0.4 is 5.69 Å². The summed E-state index contributed by atoms with van der Waals surface area (Å²) in [6, 6.07) is 7.78. The Bertz CT molecular complexity index is 622. The van der Waals surface area contributed by atoms with Crippen molar-refractivity contribution in [3.8, 4) is 0 Å². The molecule has 0 fully saturated rings. The summed E-state index contributed by atoms with van der Waals surface area (Å²) in [6.07, 6.45) is 2.29. The highest BCUT2D eigenvalue weighted by atomic mass is 16.1. The number of hydrogen-bond donors (Lipinski definition) is 0. The first kappa shape index (κ1) is 12.6. The van der Waals surface area contributed by atoms with Crippen molar-refractivity contribution in [2.75, 3.05) is 0 Å². The number of nitrogens with zero attached hydrogens (tertiary/aromatic N) is 2. The van der Waals surface area contributed by atoms with Crippen LogP contribution in [0.1, 0.15) is 26.2 Å². The quantitative estimate of drug-likeness (QED) is 0.758. The molecule has 4 heteroatoms. The summed E-state index contributed by atoms with van der Waals surface area (Å²) >= 11 is 0. The van der Waals surface area contributed by atoms with E-state index < -0.39 is 0 Å². The van der Waals surface area contributed by atoms with Crippen LogP contribution in [0, 0.1) is 0 Å². The molecule has 1 aromatic heterocycles. The number of Topliss-reactive ketones (excluding diaryl/α,β-unsaturated/α-hetero) is 1. The summed E-state index contributed by atoms with van der Waals surface area (Å²) in [4.78, 5) is 22.9. The highest BCUT2D eigenvalue weighted by Crippen LogP contribution is 2.12. The van der Waals surface area contributed by atoms with Crippen LogP contribution in [0.3, 0.4) is 0 Å². The molecule has 0 unspecified atom stereocenters. The Hall–Kier alpha value is -1.84. The fourth-order valence-electron chi connectivity index (χ4n) is 2.22. The van der Waals surface area contributed by atoms with Gasteiger partial charge in [-0.1, -0.05) is 12.1 Å². The molecular weight excluding hydrogens is 228 g/mol. The Kier molecular flexibility index (Phi) is 3.65. The summed E-state index contributed by atoms with van der Waals surface area (Å²) in [5.41, 5.74) is 1.93. The zero-order valence-corrected chi connectivity index (χ0v) is 10.8. The maximum absolute atomic E-state index is 12.1. The van der Waals surface area contributed by atoms with Crippen LogP contribution >= 0.6 is 0 Å². The smallest absolute Gasteiger partial charge is 0.300 e. The van der Waals surface area contributed by atoms with Crippen LogP contribution in [0.4, 0.5) is 0 Å². The maximum atomic E-state index is 12.1. The van der Waals surface area contributed by atoms with E-state index in [1.807, 2.05) is 24.3 Å². The van der Waals surface area contributed by atoms with Crippen molar-refractivity contribution in [1.29, 1.82) is 0 Å². The molecule has 0 saturated carbocycles. The molecule has 0 aliphatic carbocycles. The number of aromatic nitrogens is 2. The molecule has 0 N–H and O–H groups in total. The lowest BCUT2D eigenvalue weighted by molar-refractivity contribution is -0.117. The van der Waals surface area contributed by atoms with Gasteiger partial charge in [-0.2, -0.15) is 0 Å². The molecule has 1 aromatic carbocycles. The van der Waals surface area contributed by atoms with Crippen LogP contribution in [0.15, 0.2) is 29.1 Å². The van der Waals surface area contributed by atoms with Gasteiger partial charge in [0.1, 0.15) is 5.78 Å². The number of rotatable bonds is 5. The number of benzene rings is 1.